The van der Waals surface area contributed by atoms with Gasteiger partial charge in [-0.15, -0.1) is 0 Å². The third-order valence-corrected chi connectivity index (χ3v) is 10.5. The van der Waals surface area contributed by atoms with Crippen molar-refractivity contribution < 1.29 is 28.5 Å². The topological polar surface area (TPSA) is 118 Å². The molecule has 4 aromatic rings. The highest BCUT2D eigenvalue weighted by Crippen LogP contribution is 2.43. The summed E-state index contributed by atoms with van der Waals surface area (Å²) >= 11 is 0. The van der Waals surface area contributed by atoms with Gasteiger partial charge in [0.1, 0.15) is 35.5 Å². The summed E-state index contributed by atoms with van der Waals surface area (Å²) in [5.74, 6) is 1.10. The zero-order valence-corrected chi connectivity index (χ0v) is 32.9. The van der Waals surface area contributed by atoms with E-state index in [1.165, 1.54) is 62.1 Å². The Kier molecular flexibility index (Phi) is 15.7. The van der Waals surface area contributed by atoms with Crippen LogP contribution in [0.25, 0.3) is 0 Å². The highest BCUT2D eigenvalue weighted by atomic mass is 16.6. The Morgan fingerprint density at radius 2 is 1.29 bits per heavy atom. The smallest absolute Gasteiger partial charge is 0.330 e. The number of nitrogens with one attached hydrogen (secondary N) is 1. The van der Waals surface area contributed by atoms with Gasteiger partial charge in [-0.3, -0.25) is 19.1 Å². The summed E-state index contributed by atoms with van der Waals surface area (Å²) < 4.78 is 32.1. The molecule has 0 aliphatic carbocycles. The van der Waals surface area contributed by atoms with Gasteiger partial charge < -0.3 is 23.7 Å². The Bertz CT molecular complexity index is 1820. The molecule has 1 aliphatic rings. The van der Waals surface area contributed by atoms with Crippen LogP contribution in [0, 0.1) is 6.92 Å². The van der Waals surface area contributed by atoms with E-state index in [9.17, 15) is 14.4 Å². The fourth-order valence-electron chi connectivity index (χ4n) is 7.39. The summed E-state index contributed by atoms with van der Waals surface area (Å²) in [5, 5.41) is 0. The van der Waals surface area contributed by atoms with Crippen LogP contribution in [0.3, 0.4) is 0 Å². The number of benzene rings is 3. The van der Waals surface area contributed by atoms with E-state index in [4.69, 9.17) is 23.7 Å². The number of methoxy groups -OCH3 is 2. The van der Waals surface area contributed by atoms with Gasteiger partial charge in [-0.05, 0) is 54.3 Å². The number of rotatable bonds is 22. The highest BCUT2D eigenvalue weighted by molar-refractivity contribution is 5.69. The minimum absolute atomic E-state index is 0.0108. The first kappa shape index (κ1) is 41.5. The van der Waals surface area contributed by atoms with Crippen LogP contribution in [-0.4, -0.2) is 48.6 Å². The SMILES string of the molecule is CCCCCCCCCCCCCC(=O)O[C@H]1C[C@H](n2cc(C)c(=O)[nH]c2=O)O[C@@H]1COC(c1ccccc1)(c1ccc(OC)cc1)c1ccc(OC)cc1. The van der Waals surface area contributed by atoms with E-state index in [0.29, 0.717) is 23.5 Å². The normalized spacial score (nSPS) is 16.9. The fraction of sp³-hybridized carbons (Fsp3) is 0.489. The van der Waals surface area contributed by atoms with Crippen LogP contribution in [0.15, 0.2) is 94.6 Å². The van der Waals surface area contributed by atoms with Crippen LogP contribution in [0.4, 0.5) is 0 Å². The summed E-state index contributed by atoms with van der Waals surface area (Å²) in [6, 6.07) is 25.4. The van der Waals surface area contributed by atoms with Gasteiger partial charge in [-0.2, -0.15) is 0 Å². The molecular weight excluding hydrogens is 697 g/mol. The average Bonchev–Trinajstić information content (AvgIpc) is 3.61. The van der Waals surface area contributed by atoms with E-state index < -0.39 is 35.3 Å². The Hall–Kier alpha value is -4.67. The Balaban J connectivity index is 1.36. The number of hydrogen-bond acceptors (Lipinski definition) is 8. The number of esters is 1. The molecular formula is C45H58N2O8. The first-order chi connectivity index (χ1) is 26.8. The zero-order valence-electron chi connectivity index (χ0n) is 32.9. The number of carbonyl (C=O) groups excluding carboxylic acids is 1. The number of nitrogens with zero attached hydrogens (tertiary/aromatic N) is 1. The van der Waals surface area contributed by atoms with Crippen molar-refractivity contribution >= 4 is 5.97 Å². The first-order valence-electron chi connectivity index (χ1n) is 19.9. The van der Waals surface area contributed by atoms with E-state index in [1.807, 2.05) is 78.9 Å². The predicted octanol–water partition coefficient (Wildman–Crippen LogP) is 8.77. The second-order valence-electron chi connectivity index (χ2n) is 14.5. The standard InChI is InChI=1S/C45H58N2O8/c1-5-6-7-8-9-10-11-12-13-14-18-21-42(48)55-39-30-41(47-31-33(2)43(49)46-44(47)50)54-40(39)32-53-45(34-19-16-15-17-20-34,35-22-26-37(51-3)27-23-35)36-24-28-38(52-4)29-25-36/h15-17,19-20,22-29,31,39-41H,5-14,18,21,30,32H2,1-4H3,(H,46,49,50)/t39-,40+,41+/m0/s1. The number of hydrogen-bond donors (Lipinski definition) is 1. The predicted molar refractivity (Wildman–Crippen MR) is 214 cm³/mol. The molecule has 1 fully saturated rings. The third-order valence-electron chi connectivity index (χ3n) is 10.5. The molecule has 3 aromatic carbocycles. The van der Waals surface area contributed by atoms with Crippen molar-refractivity contribution in [2.75, 3.05) is 20.8 Å². The van der Waals surface area contributed by atoms with E-state index in [1.54, 1.807) is 21.1 Å². The molecule has 0 saturated carbocycles. The van der Waals surface area contributed by atoms with Crippen LogP contribution in [0.1, 0.15) is 119 Å². The van der Waals surface area contributed by atoms with Crippen LogP contribution in [-0.2, 0) is 24.6 Å². The average molecular weight is 755 g/mol. The minimum Gasteiger partial charge on any atom is -0.497 e. The summed E-state index contributed by atoms with van der Waals surface area (Å²) in [5.41, 5.74) is 0.751. The maximum Gasteiger partial charge on any atom is 0.330 e. The van der Waals surface area contributed by atoms with Crippen molar-refractivity contribution in [1.29, 1.82) is 0 Å². The number of unbranched alkanes of at least 4 members (excludes halogenated alkanes) is 10. The molecule has 1 aliphatic heterocycles. The minimum atomic E-state index is -1.13. The molecule has 1 aromatic heterocycles. The van der Waals surface area contributed by atoms with Crippen LogP contribution >= 0.6 is 0 Å². The highest BCUT2D eigenvalue weighted by Gasteiger charge is 2.44. The molecule has 0 amide bonds. The lowest BCUT2D eigenvalue weighted by molar-refractivity contribution is -0.156. The lowest BCUT2D eigenvalue weighted by Gasteiger charge is -2.37. The summed E-state index contributed by atoms with van der Waals surface area (Å²) in [4.78, 5) is 40.9. The van der Waals surface area contributed by atoms with Crippen molar-refractivity contribution in [1.82, 2.24) is 9.55 Å². The first-order valence-corrected chi connectivity index (χ1v) is 19.9. The van der Waals surface area contributed by atoms with E-state index in [2.05, 4.69) is 11.9 Å². The largest absolute Gasteiger partial charge is 0.497 e. The summed E-state index contributed by atoms with van der Waals surface area (Å²) in [6.45, 7) is 3.88. The molecule has 0 radical (unpaired) electrons. The third kappa shape index (κ3) is 11.0. The molecule has 10 nitrogen and oxygen atoms in total. The molecule has 0 bridgehead atoms. The van der Waals surface area contributed by atoms with E-state index in [-0.39, 0.29) is 19.0 Å². The number of H-pyrrole nitrogens is 1. The van der Waals surface area contributed by atoms with Gasteiger partial charge in [0.15, 0.2) is 0 Å². The molecule has 2 heterocycles. The fourth-order valence-corrected chi connectivity index (χ4v) is 7.39. The molecule has 296 valence electrons. The second kappa shape index (κ2) is 20.9. The van der Waals surface area contributed by atoms with E-state index in [0.717, 1.165) is 36.0 Å². The maximum absolute atomic E-state index is 13.3. The van der Waals surface area contributed by atoms with Crippen LogP contribution in [0.2, 0.25) is 0 Å². The number of carbonyl (C=O) groups is 1. The number of aromatic amines is 1. The maximum atomic E-state index is 13.3. The van der Waals surface area contributed by atoms with Crippen LogP contribution < -0.4 is 20.7 Å². The zero-order chi connectivity index (χ0) is 39.0. The summed E-state index contributed by atoms with van der Waals surface area (Å²) in [6.07, 6.45) is 12.8. The lowest BCUT2D eigenvalue weighted by Crippen LogP contribution is -2.39. The molecule has 3 atom stereocenters. The van der Waals surface area contributed by atoms with E-state index >= 15 is 0 Å². The van der Waals surface area contributed by atoms with Gasteiger partial charge >= 0.3 is 11.7 Å². The molecule has 10 heteroatoms. The molecule has 1 N–H and O–H groups in total. The van der Waals surface area contributed by atoms with Gasteiger partial charge in [0.05, 0.1) is 20.8 Å². The molecule has 1 saturated heterocycles. The van der Waals surface area contributed by atoms with Crippen LogP contribution in [0.5, 0.6) is 11.5 Å². The van der Waals surface area contributed by atoms with Gasteiger partial charge in [0.25, 0.3) is 5.56 Å². The van der Waals surface area contributed by atoms with Gasteiger partial charge in [-0.25, -0.2) is 4.79 Å². The van der Waals surface area contributed by atoms with Crippen molar-refractivity contribution in [2.24, 2.45) is 0 Å². The Labute approximate surface area is 325 Å². The monoisotopic (exact) mass is 754 g/mol. The van der Waals surface area contributed by atoms with Crippen molar-refractivity contribution in [2.45, 2.75) is 121 Å². The molecule has 5 rings (SSSR count). The lowest BCUT2D eigenvalue weighted by atomic mass is 9.80. The van der Waals surface area contributed by atoms with Gasteiger partial charge in [0, 0.05) is 24.6 Å². The molecule has 55 heavy (non-hydrogen) atoms. The molecule has 0 unspecified atom stereocenters. The Morgan fingerprint density at radius 1 is 0.764 bits per heavy atom. The number of aromatic nitrogens is 2. The van der Waals surface area contributed by atoms with Crippen molar-refractivity contribution in [3.8, 4) is 11.5 Å². The Morgan fingerprint density at radius 3 is 1.84 bits per heavy atom. The summed E-state index contributed by atoms with van der Waals surface area (Å²) in [7, 11) is 3.25. The van der Waals surface area contributed by atoms with Crippen molar-refractivity contribution in [3.05, 3.63) is 128 Å². The number of aryl methyl sites for hydroxylation is 1. The second-order valence-corrected chi connectivity index (χ2v) is 14.5. The number of ether oxygens (including phenoxy) is 5. The van der Waals surface area contributed by atoms with Gasteiger partial charge in [0.2, 0.25) is 0 Å². The molecule has 0 spiro atoms. The quantitative estimate of drug-likeness (QED) is 0.0481. The van der Waals surface area contributed by atoms with Crippen molar-refractivity contribution in [3.63, 3.8) is 0 Å². The van der Waals surface area contributed by atoms with Gasteiger partial charge in [-0.1, -0.05) is 126 Å².